The zero-order chi connectivity index (χ0) is 13.9. The molecule has 0 bridgehead atoms. The number of hydrogen-bond acceptors (Lipinski definition) is 2. The average Bonchev–Trinajstić information content (AvgIpc) is 2.91. The summed E-state index contributed by atoms with van der Waals surface area (Å²) in [6.45, 7) is 9.33. The molecule has 2 N–H and O–H groups in total. The van der Waals surface area contributed by atoms with E-state index in [4.69, 9.17) is 5.73 Å². The van der Waals surface area contributed by atoms with Crippen molar-refractivity contribution in [2.45, 2.75) is 83.7 Å². The molecule has 0 aromatic heterocycles. The minimum Gasteiger partial charge on any atom is -0.326 e. The number of rotatable bonds is 5. The van der Waals surface area contributed by atoms with Gasteiger partial charge in [0.05, 0.1) is 0 Å². The molecule has 0 amide bonds. The molecule has 2 heteroatoms. The Labute approximate surface area is 120 Å². The van der Waals surface area contributed by atoms with Crippen LogP contribution in [0.3, 0.4) is 0 Å². The fourth-order valence-electron chi connectivity index (χ4n) is 4.78. The van der Waals surface area contributed by atoms with E-state index in [-0.39, 0.29) is 0 Å². The Balaban J connectivity index is 2.10. The highest BCUT2D eigenvalue weighted by molar-refractivity contribution is 5.04. The van der Waals surface area contributed by atoms with Gasteiger partial charge in [0.15, 0.2) is 0 Å². The fraction of sp³-hybridized carbons (Fsp3) is 1.00. The van der Waals surface area contributed by atoms with Crippen LogP contribution in [0.4, 0.5) is 0 Å². The van der Waals surface area contributed by atoms with E-state index in [0.29, 0.717) is 11.6 Å². The predicted molar refractivity (Wildman–Crippen MR) is 83.2 cm³/mol. The lowest BCUT2D eigenvalue weighted by molar-refractivity contribution is 0.0436. The van der Waals surface area contributed by atoms with Crippen molar-refractivity contribution >= 4 is 0 Å². The minimum absolute atomic E-state index is 0.328. The molecule has 0 aromatic carbocycles. The Morgan fingerprint density at radius 3 is 2.05 bits per heavy atom. The van der Waals surface area contributed by atoms with Crippen molar-refractivity contribution in [3.8, 4) is 0 Å². The van der Waals surface area contributed by atoms with E-state index < -0.39 is 0 Å². The van der Waals surface area contributed by atoms with Gasteiger partial charge in [-0.1, -0.05) is 46.5 Å². The summed E-state index contributed by atoms with van der Waals surface area (Å²) in [5.41, 5.74) is 7.17. The van der Waals surface area contributed by atoms with E-state index in [1.165, 1.54) is 51.4 Å². The standard InChI is InChI=1S/C17H34N2/c1-4-19(5-2)17(12-6-7-13-17)16(18)15-10-8-14(3)9-11-15/h14-16H,4-13,18H2,1-3H3. The Hall–Kier alpha value is -0.0800. The van der Waals surface area contributed by atoms with Gasteiger partial charge < -0.3 is 5.73 Å². The second-order valence-electron chi connectivity index (χ2n) is 7.03. The molecule has 2 saturated carbocycles. The first-order valence-electron chi connectivity index (χ1n) is 8.64. The van der Waals surface area contributed by atoms with Gasteiger partial charge in [-0.3, -0.25) is 4.90 Å². The number of nitrogens with two attached hydrogens (primary N) is 1. The first-order valence-corrected chi connectivity index (χ1v) is 8.64. The Kier molecular flexibility index (Phi) is 5.30. The highest BCUT2D eigenvalue weighted by Gasteiger charge is 2.46. The van der Waals surface area contributed by atoms with Crippen LogP contribution in [0.2, 0.25) is 0 Å². The number of nitrogens with zero attached hydrogens (tertiary/aromatic N) is 1. The van der Waals surface area contributed by atoms with Crippen LogP contribution in [0, 0.1) is 11.8 Å². The van der Waals surface area contributed by atoms with Crippen LogP contribution in [0.1, 0.15) is 72.1 Å². The summed E-state index contributed by atoms with van der Waals surface area (Å²) >= 11 is 0. The number of likely N-dealkylation sites (N-methyl/N-ethyl adjacent to an activating group) is 1. The predicted octanol–water partition coefficient (Wildman–Crippen LogP) is 3.79. The molecular weight excluding hydrogens is 232 g/mol. The largest absolute Gasteiger partial charge is 0.326 e. The van der Waals surface area contributed by atoms with Gasteiger partial charge in [-0.2, -0.15) is 0 Å². The van der Waals surface area contributed by atoms with Crippen LogP contribution in [0.15, 0.2) is 0 Å². The van der Waals surface area contributed by atoms with Gasteiger partial charge in [-0.25, -0.2) is 0 Å². The van der Waals surface area contributed by atoms with Crippen LogP contribution < -0.4 is 5.73 Å². The van der Waals surface area contributed by atoms with Crippen LogP contribution >= 0.6 is 0 Å². The molecule has 0 heterocycles. The summed E-state index contributed by atoms with van der Waals surface area (Å²) in [6, 6.07) is 0.405. The van der Waals surface area contributed by atoms with Gasteiger partial charge in [0, 0.05) is 11.6 Å². The van der Waals surface area contributed by atoms with E-state index in [1.54, 1.807) is 0 Å². The molecule has 2 fully saturated rings. The maximum absolute atomic E-state index is 6.84. The topological polar surface area (TPSA) is 29.3 Å². The van der Waals surface area contributed by atoms with Crippen molar-refractivity contribution < 1.29 is 0 Å². The summed E-state index contributed by atoms with van der Waals surface area (Å²) < 4.78 is 0. The minimum atomic E-state index is 0.328. The highest BCUT2D eigenvalue weighted by Crippen LogP contribution is 2.43. The van der Waals surface area contributed by atoms with Gasteiger partial charge >= 0.3 is 0 Å². The lowest BCUT2D eigenvalue weighted by atomic mass is 9.71. The SMILES string of the molecule is CCN(CC)C1(C(N)C2CCC(C)CC2)CCCC1. The third-order valence-electron chi connectivity index (χ3n) is 6.05. The molecule has 0 spiro atoms. The van der Waals surface area contributed by atoms with Gasteiger partial charge in [-0.15, -0.1) is 0 Å². The summed E-state index contributed by atoms with van der Waals surface area (Å²) in [5.74, 6) is 1.70. The smallest absolute Gasteiger partial charge is 0.0362 e. The molecule has 2 aliphatic carbocycles. The van der Waals surface area contributed by atoms with Crippen LogP contribution in [-0.4, -0.2) is 29.6 Å². The molecule has 112 valence electrons. The fourth-order valence-corrected chi connectivity index (χ4v) is 4.78. The zero-order valence-electron chi connectivity index (χ0n) is 13.3. The van der Waals surface area contributed by atoms with Crippen molar-refractivity contribution in [1.29, 1.82) is 0 Å². The Morgan fingerprint density at radius 2 is 1.58 bits per heavy atom. The van der Waals surface area contributed by atoms with Gasteiger partial charge in [0.2, 0.25) is 0 Å². The molecule has 0 saturated heterocycles. The summed E-state index contributed by atoms with van der Waals surface area (Å²) in [5, 5.41) is 0. The van der Waals surface area contributed by atoms with Crippen molar-refractivity contribution in [3.63, 3.8) is 0 Å². The average molecular weight is 266 g/mol. The molecular formula is C17H34N2. The van der Waals surface area contributed by atoms with Crippen LogP contribution in [0.25, 0.3) is 0 Å². The molecule has 1 atom stereocenters. The lowest BCUT2D eigenvalue weighted by Gasteiger charge is -2.48. The first kappa shape index (κ1) is 15.3. The third kappa shape index (κ3) is 3.00. The van der Waals surface area contributed by atoms with E-state index in [0.717, 1.165) is 24.9 Å². The molecule has 0 aromatic rings. The summed E-state index contributed by atoms with van der Waals surface area (Å²) in [4.78, 5) is 2.68. The maximum Gasteiger partial charge on any atom is 0.0362 e. The molecule has 2 rings (SSSR count). The van der Waals surface area contributed by atoms with Gasteiger partial charge in [0.25, 0.3) is 0 Å². The van der Waals surface area contributed by atoms with Crippen LogP contribution in [-0.2, 0) is 0 Å². The van der Waals surface area contributed by atoms with E-state index in [1.807, 2.05) is 0 Å². The first-order chi connectivity index (χ1) is 9.14. The van der Waals surface area contributed by atoms with Crippen molar-refractivity contribution in [2.75, 3.05) is 13.1 Å². The maximum atomic E-state index is 6.84. The van der Waals surface area contributed by atoms with Crippen molar-refractivity contribution in [1.82, 2.24) is 4.90 Å². The van der Waals surface area contributed by atoms with Crippen LogP contribution in [0.5, 0.6) is 0 Å². The highest BCUT2D eigenvalue weighted by atomic mass is 15.2. The molecule has 2 aliphatic rings. The number of hydrogen-bond donors (Lipinski definition) is 1. The molecule has 0 radical (unpaired) electrons. The van der Waals surface area contributed by atoms with Crippen molar-refractivity contribution in [3.05, 3.63) is 0 Å². The van der Waals surface area contributed by atoms with Gasteiger partial charge in [0.1, 0.15) is 0 Å². The molecule has 1 unspecified atom stereocenters. The Morgan fingerprint density at radius 1 is 1.05 bits per heavy atom. The summed E-state index contributed by atoms with van der Waals surface area (Å²) in [7, 11) is 0. The second kappa shape index (κ2) is 6.58. The lowest BCUT2D eigenvalue weighted by Crippen LogP contribution is -2.61. The second-order valence-corrected chi connectivity index (χ2v) is 7.03. The summed E-state index contributed by atoms with van der Waals surface area (Å²) in [6.07, 6.45) is 11.0. The molecule has 2 nitrogen and oxygen atoms in total. The van der Waals surface area contributed by atoms with E-state index in [9.17, 15) is 0 Å². The molecule has 19 heavy (non-hydrogen) atoms. The van der Waals surface area contributed by atoms with Gasteiger partial charge in [-0.05, 0) is 50.6 Å². The van der Waals surface area contributed by atoms with E-state index >= 15 is 0 Å². The third-order valence-corrected chi connectivity index (χ3v) is 6.05. The zero-order valence-corrected chi connectivity index (χ0v) is 13.3. The Bertz CT molecular complexity index is 258. The molecule has 0 aliphatic heterocycles. The van der Waals surface area contributed by atoms with E-state index in [2.05, 4.69) is 25.7 Å². The van der Waals surface area contributed by atoms with Crippen molar-refractivity contribution in [2.24, 2.45) is 17.6 Å². The quantitative estimate of drug-likeness (QED) is 0.820. The normalized spacial score (nSPS) is 32.7. The monoisotopic (exact) mass is 266 g/mol.